The van der Waals surface area contributed by atoms with E-state index in [1.54, 1.807) is 0 Å². The molecular formula is C24H28ClN5O2S. The van der Waals surface area contributed by atoms with Gasteiger partial charge in [0.2, 0.25) is 5.91 Å². The second-order valence-corrected chi connectivity index (χ2v) is 9.69. The minimum Gasteiger partial charge on any atom is -0.376 e. The summed E-state index contributed by atoms with van der Waals surface area (Å²) in [4.78, 5) is 17.7. The Morgan fingerprint density at radius 1 is 1.39 bits per heavy atom. The predicted octanol–water partition coefficient (Wildman–Crippen LogP) is 5.30. The molecule has 1 unspecified atom stereocenters. The maximum atomic E-state index is 13.0. The van der Waals surface area contributed by atoms with Crippen LogP contribution in [0.15, 0.2) is 23.4 Å². The van der Waals surface area contributed by atoms with Crippen LogP contribution in [0.2, 0.25) is 5.02 Å². The lowest BCUT2D eigenvalue weighted by atomic mass is 10.2. The molecule has 3 aromatic rings. The number of rotatable bonds is 8. The minimum absolute atomic E-state index is 0.104. The molecule has 7 nitrogen and oxygen atoms in total. The summed E-state index contributed by atoms with van der Waals surface area (Å²) in [6.45, 7) is 8.21. The number of carbonyl (C=O) groups excluding carboxylic acids is 1. The Kier molecular flexibility index (Phi) is 7.32. The summed E-state index contributed by atoms with van der Waals surface area (Å²) in [5.41, 5.74) is 4.21. The van der Waals surface area contributed by atoms with Crippen molar-refractivity contribution in [3.63, 3.8) is 0 Å². The van der Waals surface area contributed by atoms with E-state index in [1.165, 1.54) is 11.8 Å². The number of fused-ring (bicyclic) bond motifs is 1. The molecule has 1 atom stereocenters. The van der Waals surface area contributed by atoms with Gasteiger partial charge in [-0.1, -0.05) is 30.3 Å². The van der Waals surface area contributed by atoms with Gasteiger partial charge in [0.1, 0.15) is 11.9 Å². The number of nitriles is 1. The van der Waals surface area contributed by atoms with Gasteiger partial charge in [-0.05, 0) is 56.9 Å². The van der Waals surface area contributed by atoms with Crippen molar-refractivity contribution in [2.24, 2.45) is 0 Å². The molecule has 2 aromatic heterocycles. The Labute approximate surface area is 203 Å². The van der Waals surface area contributed by atoms with Crippen LogP contribution in [0.1, 0.15) is 43.0 Å². The fraction of sp³-hybridized carbons (Fsp3) is 0.458. The average molecular weight is 486 g/mol. The smallest absolute Gasteiger partial charge is 0.235 e. The van der Waals surface area contributed by atoms with Crippen molar-refractivity contribution < 1.29 is 9.53 Å². The molecule has 4 rings (SSSR count). The fourth-order valence-electron chi connectivity index (χ4n) is 4.28. The zero-order chi connectivity index (χ0) is 23.5. The van der Waals surface area contributed by atoms with Crippen LogP contribution in [-0.2, 0) is 22.6 Å². The highest BCUT2D eigenvalue weighted by Crippen LogP contribution is 2.30. The molecule has 9 heteroatoms. The van der Waals surface area contributed by atoms with Crippen molar-refractivity contribution in [3.8, 4) is 6.07 Å². The van der Waals surface area contributed by atoms with Gasteiger partial charge in [0.05, 0.1) is 35.0 Å². The van der Waals surface area contributed by atoms with Crippen LogP contribution in [0, 0.1) is 25.2 Å². The molecule has 1 amide bonds. The third-order valence-electron chi connectivity index (χ3n) is 6.06. The van der Waals surface area contributed by atoms with Gasteiger partial charge in [0.15, 0.2) is 5.16 Å². The van der Waals surface area contributed by atoms with Gasteiger partial charge in [0.25, 0.3) is 0 Å². The van der Waals surface area contributed by atoms with Crippen LogP contribution < -0.4 is 5.32 Å². The Morgan fingerprint density at radius 3 is 2.91 bits per heavy atom. The quantitative estimate of drug-likeness (QED) is 0.437. The first-order valence-corrected chi connectivity index (χ1v) is 12.6. The summed E-state index contributed by atoms with van der Waals surface area (Å²) in [5.74, 6) is 0.577. The topological polar surface area (TPSA) is 84.9 Å². The lowest BCUT2D eigenvalue weighted by Gasteiger charge is -2.17. The Balaban J connectivity index is 1.53. The number of hydrogen-bond donors (Lipinski definition) is 1. The van der Waals surface area contributed by atoms with Crippen molar-refractivity contribution in [3.05, 3.63) is 40.0 Å². The molecule has 1 N–H and O–H groups in total. The SMILES string of the molecule is CCCn1c(SCC(=O)Nc2c(C#N)c(C)c(C)n2CC2CCCO2)nc2cc(Cl)ccc21. The molecule has 1 aliphatic rings. The number of hydrogen-bond acceptors (Lipinski definition) is 5. The molecule has 3 heterocycles. The van der Waals surface area contributed by atoms with E-state index < -0.39 is 0 Å². The normalized spacial score (nSPS) is 15.8. The molecule has 1 aliphatic heterocycles. The zero-order valence-corrected chi connectivity index (χ0v) is 20.7. The number of amides is 1. The molecule has 0 aliphatic carbocycles. The lowest BCUT2D eigenvalue weighted by Crippen LogP contribution is -2.22. The predicted molar refractivity (Wildman–Crippen MR) is 132 cm³/mol. The summed E-state index contributed by atoms with van der Waals surface area (Å²) in [6, 6.07) is 7.93. The molecular weight excluding hydrogens is 458 g/mol. The molecule has 0 spiro atoms. The molecule has 0 radical (unpaired) electrons. The third kappa shape index (κ3) is 4.91. The summed E-state index contributed by atoms with van der Waals surface area (Å²) >= 11 is 7.53. The van der Waals surface area contributed by atoms with Crippen molar-refractivity contribution in [2.75, 3.05) is 17.7 Å². The standard InChI is InChI=1S/C24H28ClN5O2S/c1-4-9-29-21-8-7-17(25)11-20(21)27-24(29)33-14-22(31)28-23-19(12-26)15(2)16(3)30(23)13-18-6-5-10-32-18/h7-8,11,18H,4-6,9-10,13-14H2,1-3H3,(H,28,31). The summed E-state index contributed by atoms with van der Waals surface area (Å²) in [7, 11) is 0. The third-order valence-corrected chi connectivity index (χ3v) is 7.28. The second-order valence-electron chi connectivity index (χ2n) is 8.31. The summed E-state index contributed by atoms with van der Waals surface area (Å²) < 4.78 is 9.93. The monoisotopic (exact) mass is 485 g/mol. The Hall–Kier alpha value is -2.47. The van der Waals surface area contributed by atoms with E-state index in [0.29, 0.717) is 22.9 Å². The van der Waals surface area contributed by atoms with Crippen LogP contribution in [0.25, 0.3) is 11.0 Å². The van der Waals surface area contributed by atoms with Gasteiger partial charge in [-0.2, -0.15) is 5.26 Å². The molecule has 1 saturated heterocycles. The van der Waals surface area contributed by atoms with Gasteiger partial charge in [-0.15, -0.1) is 0 Å². The van der Waals surface area contributed by atoms with E-state index in [2.05, 4.69) is 22.9 Å². The largest absolute Gasteiger partial charge is 0.376 e. The molecule has 1 aromatic carbocycles. The van der Waals surface area contributed by atoms with Crippen molar-refractivity contribution in [2.45, 2.75) is 64.4 Å². The highest BCUT2D eigenvalue weighted by atomic mass is 35.5. The van der Waals surface area contributed by atoms with Gasteiger partial charge in [0, 0.05) is 23.9 Å². The number of carbonyl (C=O) groups is 1. The van der Waals surface area contributed by atoms with Crippen LogP contribution in [0.3, 0.4) is 0 Å². The minimum atomic E-state index is -0.171. The number of aryl methyl sites for hydroxylation is 1. The van der Waals surface area contributed by atoms with Crippen LogP contribution >= 0.6 is 23.4 Å². The van der Waals surface area contributed by atoms with Crippen molar-refractivity contribution in [1.29, 1.82) is 5.26 Å². The number of imidazole rings is 1. The van der Waals surface area contributed by atoms with Crippen LogP contribution in [0.5, 0.6) is 0 Å². The number of aromatic nitrogens is 3. The first kappa shape index (κ1) is 23.7. The number of anilines is 1. The van der Waals surface area contributed by atoms with Gasteiger partial charge >= 0.3 is 0 Å². The highest BCUT2D eigenvalue weighted by Gasteiger charge is 2.24. The number of nitrogens with zero attached hydrogens (tertiary/aromatic N) is 4. The number of benzene rings is 1. The summed E-state index contributed by atoms with van der Waals surface area (Å²) in [5, 5.41) is 14.2. The average Bonchev–Trinajstić information content (AvgIpc) is 3.48. The Bertz CT molecular complexity index is 1220. The maximum Gasteiger partial charge on any atom is 0.235 e. The fourth-order valence-corrected chi connectivity index (χ4v) is 5.29. The molecule has 0 saturated carbocycles. The molecule has 174 valence electrons. The maximum absolute atomic E-state index is 13.0. The summed E-state index contributed by atoms with van der Waals surface area (Å²) in [6.07, 6.45) is 3.08. The van der Waals surface area contributed by atoms with Gasteiger partial charge in [-0.3, -0.25) is 4.79 Å². The van der Waals surface area contributed by atoms with E-state index >= 15 is 0 Å². The first-order chi connectivity index (χ1) is 15.9. The van der Waals surface area contributed by atoms with Gasteiger partial charge in [-0.25, -0.2) is 4.98 Å². The molecule has 1 fully saturated rings. The Morgan fingerprint density at radius 2 is 2.21 bits per heavy atom. The highest BCUT2D eigenvalue weighted by molar-refractivity contribution is 7.99. The van der Waals surface area contributed by atoms with E-state index in [-0.39, 0.29) is 17.8 Å². The van der Waals surface area contributed by atoms with E-state index in [4.69, 9.17) is 21.3 Å². The molecule has 33 heavy (non-hydrogen) atoms. The van der Waals surface area contributed by atoms with E-state index in [9.17, 15) is 10.1 Å². The lowest BCUT2D eigenvalue weighted by molar-refractivity contribution is -0.113. The van der Waals surface area contributed by atoms with E-state index in [1.807, 2.05) is 36.6 Å². The number of halogens is 1. The number of thioether (sulfide) groups is 1. The van der Waals surface area contributed by atoms with Crippen LogP contribution in [-0.4, -0.2) is 38.5 Å². The number of nitrogens with one attached hydrogen (secondary N) is 1. The second kappa shape index (κ2) is 10.2. The van der Waals surface area contributed by atoms with Crippen molar-refractivity contribution in [1.82, 2.24) is 14.1 Å². The first-order valence-electron chi connectivity index (χ1n) is 11.2. The zero-order valence-electron chi connectivity index (χ0n) is 19.2. The van der Waals surface area contributed by atoms with E-state index in [0.717, 1.165) is 59.9 Å². The number of ether oxygens (including phenoxy) is 1. The van der Waals surface area contributed by atoms with Gasteiger partial charge < -0.3 is 19.2 Å². The molecule has 0 bridgehead atoms. The van der Waals surface area contributed by atoms with Crippen molar-refractivity contribution >= 4 is 46.1 Å². The van der Waals surface area contributed by atoms with Crippen LogP contribution in [0.4, 0.5) is 5.82 Å².